The number of hydrogen-bond acceptors (Lipinski definition) is 4. The number of ketones is 2. The molecule has 0 amide bonds. The van der Waals surface area contributed by atoms with Gasteiger partial charge in [-0.05, 0) is 19.4 Å². The second-order valence-corrected chi connectivity index (χ2v) is 12.8. The lowest BCUT2D eigenvalue weighted by atomic mass is 9.87. The Balaban J connectivity index is 4.28. The molecule has 0 spiro atoms. The maximum Gasteiger partial charge on any atom is 0.148 e. The van der Waals surface area contributed by atoms with Crippen molar-refractivity contribution in [1.29, 1.82) is 0 Å². The van der Waals surface area contributed by atoms with Crippen LogP contribution in [-0.2, 0) is 19.1 Å². The van der Waals surface area contributed by atoms with E-state index in [0.717, 1.165) is 12.5 Å². The Morgan fingerprint density at radius 1 is 1.09 bits per heavy atom. The van der Waals surface area contributed by atoms with Gasteiger partial charge in [0.15, 0.2) is 0 Å². The Morgan fingerprint density at radius 2 is 1.68 bits per heavy atom. The van der Waals surface area contributed by atoms with E-state index in [1.165, 1.54) is 0 Å². The summed E-state index contributed by atoms with van der Waals surface area (Å²) in [4.78, 5) is 24.0. The average molecular weight is 331 g/mol. The lowest BCUT2D eigenvalue weighted by Crippen LogP contribution is -2.35. The minimum atomic E-state index is -1.09. The molecule has 0 aliphatic heterocycles. The van der Waals surface area contributed by atoms with Gasteiger partial charge in [-0.3, -0.25) is 9.59 Å². The van der Waals surface area contributed by atoms with Crippen molar-refractivity contribution in [2.75, 3.05) is 13.4 Å². The van der Waals surface area contributed by atoms with Gasteiger partial charge in [0.25, 0.3) is 0 Å². The Labute approximate surface area is 137 Å². The predicted molar refractivity (Wildman–Crippen MR) is 92.8 cm³/mol. The zero-order valence-corrected chi connectivity index (χ0v) is 16.4. The maximum absolute atomic E-state index is 12.3. The molecule has 0 saturated carbocycles. The van der Waals surface area contributed by atoms with Crippen LogP contribution in [0.4, 0.5) is 0 Å². The van der Waals surface area contributed by atoms with E-state index < -0.39 is 14.0 Å². The molecule has 22 heavy (non-hydrogen) atoms. The average Bonchev–Trinajstić information content (AvgIpc) is 2.46. The fourth-order valence-corrected chi connectivity index (χ4v) is 2.99. The molecule has 5 heteroatoms. The van der Waals surface area contributed by atoms with Crippen molar-refractivity contribution in [2.24, 2.45) is 11.8 Å². The van der Waals surface area contributed by atoms with Gasteiger partial charge in [-0.1, -0.05) is 40.4 Å². The van der Waals surface area contributed by atoms with Crippen molar-refractivity contribution in [1.82, 2.24) is 0 Å². The highest BCUT2D eigenvalue weighted by atomic mass is 28.3. The summed E-state index contributed by atoms with van der Waals surface area (Å²) < 4.78 is 11.2. The number of Topliss-reactive ketones (excluding diaryl/α,β-unsaturated/α-hetero) is 2. The van der Waals surface area contributed by atoms with Crippen LogP contribution in [0.15, 0.2) is 0 Å². The minimum Gasteiger partial charge on any atom is -0.356 e. The molecule has 0 aliphatic rings. The quantitative estimate of drug-likeness (QED) is 0.236. The Hall–Kier alpha value is -0.523. The first-order chi connectivity index (χ1) is 10.1. The first-order valence-corrected chi connectivity index (χ1v) is 12.1. The smallest absolute Gasteiger partial charge is 0.148 e. The molecule has 1 unspecified atom stereocenters. The van der Waals surface area contributed by atoms with Crippen molar-refractivity contribution in [2.45, 2.75) is 72.3 Å². The van der Waals surface area contributed by atoms with Gasteiger partial charge in [-0.15, -0.1) is 0 Å². The molecular formula is C17H34O4Si. The van der Waals surface area contributed by atoms with Crippen LogP contribution in [0.3, 0.4) is 0 Å². The van der Waals surface area contributed by atoms with Crippen LogP contribution < -0.4 is 0 Å². The minimum absolute atomic E-state index is 0.00177. The number of carbonyl (C=O) groups excluding carboxylic acids is 2. The zero-order chi connectivity index (χ0) is 17.3. The summed E-state index contributed by atoms with van der Waals surface area (Å²) >= 11 is 0. The summed E-state index contributed by atoms with van der Waals surface area (Å²) in [7, 11) is -1.09. The third-order valence-electron chi connectivity index (χ3n) is 4.03. The van der Waals surface area contributed by atoms with Crippen molar-refractivity contribution < 1.29 is 19.1 Å². The molecule has 0 rings (SSSR count). The molecule has 0 aromatic rings. The lowest BCUT2D eigenvalue weighted by molar-refractivity contribution is -0.142. The van der Waals surface area contributed by atoms with E-state index in [0.29, 0.717) is 13.0 Å². The van der Waals surface area contributed by atoms with E-state index in [4.69, 9.17) is 9.47 Å². The van der Waals surface area contributed by atoms with E-state index in [9.17, 15) is 9.59 Å². The highest BCUT2D eigenvalue weighted by Gasteiger charge is 2.30. The number of carbonyl (C=O) groups is 2. The second kappa shape index (κ2) is 10.3. The van der Waals surface area contributed by atoms with Crippen LogP contribution in [-0.4, -0.2) is 39.1 Å². The van der Waals surface area contributed by atoms with Gasteiger partial charge in [0.2, 0.25) is 0 Å². The number of hydrogen-bond donors (Lipinski definition) is 0. The lowest BCUT2D eigenvalue weighted by Gasteiger charge is -2.24. The molecule has 4 nitrogen and oxygen atoms in total. The van der Waals surface area contributed by atoms with Crippen LogP contribution >= 0.6 is 0 Å². The molecule has 0 saturated heterocycles. The van der Waals surface area contributed by atoms with Gasteiger partial charge in [-0.25, -0.2) is 0 Å². The second-order valence-electron chi connectivity index (χ2n) is 7.18. The highest BCUT2D eigenvalue weighted by molar-refractivity contribution is 6.76. The third kappa shape index (κ3) is 8.20. The van der Waals surface area contributed by atoms with Crippen molar-refractivity contribution in [3.63, 3.8) is 0 Å². The fraction of sp³-hybridized carbons (Fsp3) is 0.882. The van der Waals surface area contributed by atoms with E-state index in [1.807, 2.05) is 13.8 Å². The van der Waals surface area contributed by atoms with E-state index in [1.54, 1.807) is 13.8 Å². The molecule has 0 fully saturated rings. The van der Waals surface area contributed by atoms with Gasteiger partial charge in [0, 0.05) is 27.0 Å². The molecular weight excluding hydrogens is 296 g/mol. The van der Waals surface area contributed by atoms with Gasteiger partial charge < -0.3 is 9.47 Å². The first kappa shape index (κ1) is 21.5. The van der Waals surface area contributed by atoms with Crippen molar-refractivity contribution >= 4 is 19.6 Å². The van der Waals surface area contributed by atoms with E-state index in [2.05, 4.69) is 19.6 Å². The SMILES string of the molecule is CCC(=O)C(C)C(=O)[C@@H](C)[C@H](CC)OCOCC[Si](C)(C)C. The molecule has 0 aromatic heterocycles. The van der Waals surface area contributed by atoms with Crippen LogP contribution in [0.1, 0.15) is 40.5 Å². The fourth-order valence-electron chi connectivity index (χ4n) is 2.23. The summed E-state index contributed by atoms with van der Waals surface area (Å²) in [6, 6.07) is 1.10. The van der Waals surface area contributed by atoms with Gasteiger partial charge in [0.05, 0.1) is 12.0 Å². The van der Waals surface area contributed by atoms with E-state index in [-0.39, 0.29) is 30.4 Å². The van der Waals surface area contributed by atoms with Crippen LogP contribution in [0, 0.1) is 11.8 Å². The summed E-state index contributed by atoms with van der Waals surface area (Å²) in [5, 5.41) is 0. The van der Waals surface area contributed by atoms with Crippen molar-refractivity contribution in [3.05, 3.63) is 0 Å². The standard InChI is InChI=1S/C17H34O4Si/c1-8-15(18)13(3)17(19)14(4)16(9-2)21-12-20-10-11-22(5,6)7/h13-14,16H,8-12H2,1-7H3/t13?,14-,16-/m0/s1. The molecule has 0 aromatic carbocycles. The largest absolute Gasteiger partial charge is 0.356 e. The molecule has 0 radical (unpaired) electrons. The molecule has 0 aliphatic carbocycles. The third-order valence-corrected chi connectivity index (χ3v) is 5.73. The monoisotopic (exact) mass is 330 g/mol. The van der Waals surface area contributed by atoms with Gasteiger partial charge in [-0.2, -0.15) is 0 Å². The van der Waals surface area contributed by atoms with E-state index >= 15 is 0 Å². The maximum atomic E-state index is 12.3. The molecule has 0 heterocycles. The summed E-state index contributed by atoms with van der Waals surface area (Å²) in [5.74, 6) is -0.847. The predicted octanol–water partition coefficient (Wildman–Crippen LogP) is 3.91. The first-order valence-electron chi connectivity index (χ1n) is 8.39. The number of rotatable bonds is 12. The highest BCUT2D eigenvalue weighted by Crippen LogP contribution is 2.18. The van der Waals surface area contributed by atoms with Crippen molar-refractivity contribution in [3.8, 4) is 0 Å². The van der Waals surface area contributed by atoms with Crippen LogP contribution in [0.5, 0.6) is 0 Å². The normalized spacial score (nSPS) is 16.1. The summed E-state index contributed by atoms with van der Waals surface area (Å²) in [6.45, 7) is 15.2. The van der Waals surface area contributed by atoms with Crippen LogP contribution in [0.25, 0.3) is 0 Å². The molecule has 0 N–H and O–H groups in total. The zero-order valence-electron chi connectivity index (χ0n) is 15.4. The van der Waals surface area contributed by atoms with Crippen LogP contribution in [0.2, 0.25) is 25.7 Å². The topological polar surface area (TPSA) is 52.6 Å². The number of ether oxygens (including phenoxy) is 2. The Kier molecular flexibility index (Phi) is 10.0. The van der Waals surface area contributed by atoms with Gasteiger partial charge >= 0.3 is 0 Å². The Morgan fingerprint density at radius 3 is 2.14 bits per heavy atom. The summed E-state index contributed by atoms with van der Waals surface area (Å²) in [5.41, 5.74) is 0. The van der Waals surface area contributed by atoms with Gasteiger partial charge in [0.1, 0.15) is 18.4 Å². The Bertz CT molecular complexity index is 349. The summed E-state index contributed by atoms with van der Waals surface area (Å²) in [6.07, 6.45) is 0.945. The molecule has 3 atom stereocenters. The molecule has 130 valence electrons. The molecule has 0 bridgehead atoms.